The highest BCUT2D eigenvalue weighted by atomic mass is 32.2. The minimum absolute atomic E-state index is 0.0377. The highest BCUT2D eigenvalue weighted by Crippen LogP contribution is 2.23. The maximum Gasteiger partial charge on any atom is 0.240 e. The topological polar surface area (TPSA) is 72.5 Å². The fourth-order valence-electron chi connectivity index (χ4n) is 2.13. The highest BCUT2D eigenvalue weighted by Gasteiger charge is 2.16. The number of sulfonamides is 1. The first-order chi connectivity index (χ1) is 12.0. The van der Waals surface area contributed by atoms with Crippen LogP contribution in [0.4, 0.5) is 0 Å². The first kappa shape index (κ1) is 17.8. The van der Waals surface area contributed by atoms with Gasteiger partial charge in [0.15, 0.2) is 0 Å². The molecule has 0 aliphatic carbocycles. The smallest absolute Gasteiger partial charge is 0.240 e. The fraction of sp³-hybridized carbons (Fsp3) is 0.118. The van der Waals surface area contributed by atoms with Crippen molar-refractivity contribution < 1.29 is 17.9 Å². The van der Waals surface area contributed by atoms with Crippen molar-refractivity contribution in [2.75, 3.05) is 7.11 Å². The molecule has 130 valence electrons. The second kappa shape index (κ2) is 7.49. The predicted octanol–water partition coefficient (Wildman–Crippen LogP) is 3.53. The quantitative estimate of drug-likeness (QED) is 0.623. The highest BCUT2D eigenvalue weighted by molar-refractivity contribution is 7.89. The van der Waals surface area contributed by atoms with Crippen LogP contribution in [0.25, 0.3) is 0 Å². The number of rotatable bonds is 7. The Labute approximate surface area is 154 Å². The van der Waals surface area contributed by atoms with Crippen LogP contribution in [0.2, 0.25) is 0 Å². The molecule has 0 bridgehead atoms. The number of nitrogens with one attached hydrogen (secondary N) is 1. The van der Waals surface area contributed by atoms with Gasteiger partial charge in [0.25, 0.3) is 0 Å². The number of hydrogen-bond acceptors (Lipinski definition) is 6. The van der Waals surface area contributed by atoms with Gasteiger partial charge >= 0.3 is 0 Å². The maximum absolute atomic E-state index is 12.3. The van der Waals surface area contributed by atoms with Crippen LogP contribution in [0.5, 0.6) is 5.75 Å². The first-order valence-electron chi connectivity index (χ1n) is 7.30. The van der Waals surface area contributed by atoms with E-state index in [0.717, 1.165) is 4.88 Å². The van der Waals surface area contributed by atoms with Crippen molar-refractivity contribution in [2.24, 2.45) is 0 Å². The van der Waals surface area contributed by atoms with Gasteiger partial charge in [-0.15, -0.1) is 22.7 Å². The molecular weight excluding hydrogens is 378 g/mol. The third-order valence-electron chi connectivity index (χ3n) is 3.44. The summed E-state index contributed by atoms with van der Waals surface area (Å²) in [6, 6.07) is 13.3. The second-order valence-corrected chi connectivity index (χ2v) is 8.96. The number of benzene rings is 1. The minimum Gasteiger partial charge on any atom is -0.497 e. The molecule has 1 N–H and O–H groups in total. The van der Waals surface area contributed by atoms with Gasteiger partial charge in [-0.25, -0.2) is 13.1 Å². The third kappa shape index (κ3) is 4.16. The van der Waals surface area contributed by atoms with Crippen molar-refractivity contribution in [3.63, 3.8) is 0 Å². The molecule has 5 nitrogen and oxygen atoms in total. The van der Waals surface area contributed by atoms with Gasteiger partial charge in [0.2, 0.25) is 15.8 Å². The number of ether oxygens (including phenoxy) is 1. The van der Waals surface area contributed by atoms with E-state index in [1.165, 1.54) is 41.9 Å². The van der Waals surface area contributed by atoms with Crippen molar-refractivity contribution in [1.82, 2.24) is 4.72 Å². The van der Waals surface area contributed by atoms with Gasteiger partial charge in [0.05, 0.1) is 21.8 Å². The van der Waals surface area contributed by atoms with E-state index in [0.29, 0.717) is 15.5 Å². The molecule has 0 aliphatic heterocycles. The molecule has 0 radical (unpaired) electrons. The van der Waals surface area contributed by atoms with Crippen molar-refractivity contribution in [3.8, 4) is 5.75 Å². The number of methoxy groups -OCH3 is 1. The molecule has 0 saturated carbocycles. The van der Waals surface area contributed by atoms with Gasteiger partial charge in [-0.2, -0.15) is 0 Å². The van der Waals surface area contributed by atoms with Crippen molar-refractivity contribution in [1.29, 1.82) is 0 Å². The van der Waals surface area contributed by atoms with Gasteiger partial charge in [0, 0.05) is 11.4 Å². The van der Waals surface area contributed by atoms with E-state index >= 15 is 0 Å². The van der Waals surface area contributed by atoms with E-state index in [1.54, 1.807) is 30.3 Å². The Morgan fingerprint density at radius 1 is 1.08 bits per heavy atom. The lowest BCUT2D eigenvalue weighted by atomic mass is 10.3. The standard InChI is InChI=1S/C17H15NO4S3/c1-22-12-4-7-14(8-5-12)25(20,21)18-11-13-6-9-16(24-13)17(19)15-3-2-10-23-15/h2-10,18H,11H2,1H3. The summed E-state index contributed by atoms with van der Waals surface area (Å²) in [4.78, 5) is 14.5. The zero-order chi connectivity index (χ0) is 17.9. The van der Waals surface area contributed by atoms with Crippen LogP contribution >= 0.6 is 22.7 Å². The molecule has 0 saturated heterocycles. The van der Waals surface area contributed by atoms with Gasteiger partial charge < -0.3 is 4.74 Å². The van der Waals surface area contributed by atoms with Crippen molar-refractivity contribution >= 4 is 38.5 Å². The summed E-state index contributed by atoms with van der Waals surface area (Å²) < 4.78 is 32.2. The summed E-state index contributed by atoms with van der Waals surface area (Å²) in [5.41, 5.74) is 0. The Morgan fingerprint density at radius 3 is 2.48 bits per heavy atom. The Morgan fingerprint density at radius 2 is 1.84 bits per heavy atom. The molecule has 2 aromatic heterocycles. The molecule has 8 heteroatoms. The Kier molecular flexibility index (Phi) is 5.33. The van der Waals surface area contributed by atoms with Crippen LogP contribution in [-0.2, 0) is 16.6 Å². The lowest BCUT2D eigenvalue weighted by Gasteiger charge is -2.06. The molecule has 25 heavy (non-hydrogen) atoms. The van der Waals surface area contributed by atoms with E-state index in [1.807, 2.05) is 11.4 Å². The number of thiophene rings is 2. The van der Waals surface area contributed by atoms with E-state index < -0.39 is 10.0 Å². The molecule has 0 spiro atoms. The van der Waals surface area contributed by atoms with Crippen LogP contribution < -0.4 is 9.46 Å². The summed E-state index contributed by atoms with van der Waals surface area (Å²) >= 11 is 2.68. The van der Waals surface area contributed by atoms with E-state index in [2.05, 4.69) is 4.72 Å². The molecule has 3 rings (SSSR count). The molecule has 0 atom stereocenters. The summed E-state index contributed by atoms with van der Waals surface area (Å²) in [5.74, 6) is 0.554. The predicted molar refractivity (Wildman–Crippen MR) is 99.1 cm³/mol. The molecule has 2 heterocycles. The van der Waals surface area contributed by atoms with Gasteiger partial charge in [0.1, 0.15) is 5.75 Å². The molecule has 0 unspecified atom stereocenters. The van der Waals surface area contributed by atoms with Crippen LogP contribution in [-0.4, -0.2) is 21.3 Å². The summed E-state index contributed by atoms with van der Waals surface area (Å²) in [6.45, 7) is 0.136. The van der Waals surface area contributed by atoms with Crippen molar-refractivity contribution in [2.45, 2.75) is 11.4 Å². The average Bonchev–Trinajstić information content (AvgIpc) is 3.31. The van der Waals surface area contributed by atoms with Gasteiger partial charge in [-0.05, 0) is 47.8 Å². The lowest BCUT2D eigenvalue weighted by molar-refractivity contribution is 0.104. The normalized spacial score (nSPS) is 11.4. The second-order valence-electron chi connectivity index (χ2n) is 5.07. The Balaban J connectivity index is 1.68. The number of hydrogen-bond donors (Lipinski definition) is 1. The summed E-state index contributed by atoms with van der Waals surface area (Å²) in [6.07, 6.45) is 0. The van der Waals surface area contributed by atoms with Crippen molar-refractivity contribution in [3.05, 3.63) is 68.5 Å². The van der Waals surface area contributed by atoms with Crippen LogP contribution in [0.15, 0.2) is 58.8 Å². The van der Waals surface area contributed by atoms with Gasteiger partial charge in [-0.3, -0.25) is 4.79 Å². The van der Waals surface area contributed by atoms with Crippen LogP contribution in [0.3, 0.4) is 0 Å². The van der Waals surface area contributed by atoms with E-state index in [9.17, 15) is 13.2 Å². The Hall–Kier alpha value is -2.00. The summed E-state index contributed by atoms with van der Waals surface area (Å²) in [5, 5.41) is 1.85. The lowest BCUT2D eigenvalue weighted by Crippen LogP contribution is -2.22. The van der Waals surface area contributed by atoms with E-state index in [4.69, 9.17) is 4.74 Å². The Bertz CT molecular complexity index is 958. The number of carbonyl (C=O) groups is 1. The fourth-order valence-corrected chi connectivity index (χ4v) is 4.87. The first-order valence-corrected chi connectivity index (χ1v) is 10.5. The molecule has 1 aromatic carbocycles. The average molecular weight is 394 g/mol. The number of carbonyl (C=O) groups excluding carboxylic acids is 1. The molecule has 0 aliphatic rings. The zero-order valence-electron chi connectivity index (χ0n) is 13.3. The van der Waals surface area contributed by atoms with Gasteiger partial charge in [-0.1, -0.05) is 6.07 Å². The van der Waals surface area contributed by atoms with Crippen LogP contribution in [0, 0.1) is 0 Å². The largest absolute Gasteiger partial charge is 0.497 e. The number of ketones is 1. The monoisotopic (exact) mass is 393 g/mol. The summed E-state index contributed by atoms with van der Waals surface area (Å²) in [7, 11) is -2.10. The van der Waals surface area contributed by atoms with Crippen LogP contribution in [0.1, 0.15) is 19.4 Å². The maximum atomic E-state index is 12.3. The van der Waals surface area contributed by atoms with E-state index in [-0.39, 0.29) is 17.2 Å². The molecule has 0 amide bonds. The zero-order valence-corrected chi connectivity index (χ0v) is 15.7. The minimum atomic E-state index is -3.62. The molecular formula is C17H15NO4S3. The molecule has 0 fully saturated rings. The SMILES string of the molecule is COc1ccc(S(=O)(=O)NCc2ccc(C(=O)c3cccs3)s2)cc1. The molecule has 3 aromatic rings. The third-order valence-corrected chi connectivity index (χ3v) is 6.81.